The summed E-state index contributed by atoms with van der Waals surface area (Å²) in [5.74, 6) is 0.499. The second-order valence-electron chi connectivity index (χ2n) is 4.14. The summed E-state index contributed by atoms with van der Waals surface area (Å²) in [6.45, 7) is 4.20. The summed E-state index contributed by atoms with van der Waals surface area (Å²) in [6.07, 6.45) is 1.19. The second kappa shape index (κ2) is 5.49. The third-order valence-corrected chi connectivity index (χ3v) is 3.12. The summed E-state index contributed by atoms with van der Waals surface area (Å²) >= 11 is 1.70. The summed E-state index contributed by atoms with van der Waals surface area (Å²) in [6, 6.07) is 3.95. The number of hydrogen-bond acceptors (Lipinski definition) is 3. The van der Waals surface area contributed by atoms with Gasteiger partial charge in [0.05, 0.1) is 6.10 Å². The minimum Gasteiger partial charge on any atom is -0.391 e. The minimum atomic E-state index is -0.378. The molecule has 0 bridgehead atoms. The molecule has 2 nitrogen and oxygen atoms in total. The molecule has 0 aliphatic rings. The SMILES string of the molecule is CC(C)CC(O)C(N)Cc1cccs1. The molecule has 1 aromatic heterocycles. The van der Waals surface area contributed by atoms with Gasteiger partial charge in [0, 0.05) is 10.9 Å². The van der Waals surface area contributed by atoms with E-state index >= 15 is 0 Å². The smallest absolute Gasteiger partial charge is 0.0697 e. The van der Waals surface area contributed by atoms with Gasteiger partial charge in [-0.25, -0.2) is 0 Å². The fourth-order valence-corrected chi connectivity index (χ4v) is 2.23. The van der Waals surface area contributed by atoms with Crippen molar-refractivity contribution in [1.29, 1.82) is 0 Å². The predicted molar refractivity (Wildman–Crippen MR) is 61.5 cm³/mol. The van der Waals surface area contributed by atoms with Crippen molar-refractivity contribution in [2.75, 3.05) is 0 Å². The molecule has 0 fully saturated rings. The van der Waals surface area contributed by atoms with E-state index in [2.05, 4.69) is 19.9 Å². The standard InChI is InChI=1S/C11H19NOS/c1-8(2)6-11(13)10(12)7-9-4-3-5-14-9/h3-5,8,10-11,13H,6-7,12H2,1-2H3. The van der Waals surface area contributed by atoms with Gasteiger partial charge in [-0.05, 0) is 30.2 Å². The highest BCUT2D eigenvalue weighted by Gasteiger charge is 2.16. The van der Waals surface area contributed by atoms with Crippen LogP contribution in [0.3, 0.4) is 0 Å². The monoisotopic (exact) mass is 213 g/mol. The van der Waals surface area contributed by atoms with Crippen LogP contribution in [0.4, 0.5) is 0 Å². The number of rotatable bonds is 5. The van der Waals surface area contributed by atoms with E-state index in [-0.39, 0.29) is 12.1 Å². The van der Waals surface area contributed by atoms with Crippen molar-refractivity contribution in [2.24, 2.45) is 11.7 Å². The zero-order valence-electron chi connectivity index (χ0n) is 8.81. The maximum atomic E-state index is 9.77. The summed E-state index contributed by atoms with van der Waals surface area (Å²) in [5, 5.41) is 11.8. The molecule has 0 spiro atoms. The molecule has 0 radical (unpaired) electrons. The lowest BCUT2D eigenvalue weighted by molar-refractivity contribution is 0.121. The summed E-state index contributed by atoms with van der Waals surface area (Å²) in [5.41, 5.74) is 5.91. The van der Waals surface area contributed by atoms with E-state index < -0.39 is 0 Å². The summed E-state index contributed by atoms with van der Waals surface area (Å²) in [4.78, 5) is 1.25. The van der Waals surface area contributed by atoms with Crippen LogP contribution >= 0.6 is 11.3 Å². The molecule has 1 heterocycles. The van der Waals surface area contributed by atoms with Gasteiger partial charge in [-0.3, -0.25) is 0 Å². The number of aliphatic hydroxyl groups excluding tert-OH is 1. The molecular formula is C11H19NOS. The highest BCUT2D eigenvalue weighted by atomic mass is 32.1. The van der Waals surface area contributed by atoms with Gasteiger partial charge in [0.25, 0.3) is 0 Å². The Morgan fingerprint density at radius 1 is 1.50 bits per heavy atom. The van der Waals surface area contributed by atoms with Gasteiger partial charge in [-0.1, -0.05) is 19.9 Å². The lowest BCUT2D eigenvalue weighted by Crippen LogP contribution is -2.37. The van der Waals surface area contributed by atoms with E-state index in [4.69, 9.17) is 5.73 Å². The maximum Gasteiger partial charge on any atom is 0.0697 e. The van der Waals surface area contributed by atoms with Crippen LogP contribution in [0.25, 0.3) is 0 Å². The molecule has 3 N–H and O–H groups in total. The first-order valence-electron chi connectivity index (χ1n) is 5.05. The van der Waals surface area contributed by atoms with Crippen LogP contribution in [0.15, 0.2) is 17.5 Å². The van der Waals surface area contributed by atoms with Gasteiger partial charge >= 0.3 is 0 Å². The van der Waals surface area contributed by atoms with Crippen molar-refractivity contribution >= 4 is 11.3 Å². The molecule has 14 heavy (non-hydrogen) atoms. The fourth-order valence-electron chi connectivity index (χ4n) is 1.45. The van der Waals surface area contributed by atoms with Crippen molar-refractivity contribution < 1.29 is 5.11 Å². The highest BCUT2D eigenvalue weighted by Crippen LogP contribution is 2.14. The summed E-state index contributed by atoms with van der Waals surface area (Å²) < 4.78 is 0. The zero-order chi connectivity index (χ0) is 10.6. The van der Waals surface area contributed by atoms with Gasteiger partial charge in [0.1, 0.15) is 0 Å². The van der Waals surface area contributed by atoms with E-state index in [0.717, 1.165) is 12.8 Å². The van der Waals surface area contributed by atoms with Crippen molar-refractivity contribution in [3.8, 4) is 0 Å². The van der Waals surface area contributed by atoms with E-state index in [9.17, 15) is 5.11 Å². The molecular weight excluding hydrogens is 194 g/mol. The van der Waals surface area contributed by atoms with Crippen molar-refractivity contribution in [2.45, 2.75) is 38.8 Å². The Balaban J connectivity index is 2.37. The second-order valence-corrected chi connectivity index (χ2v) is 5.18. The Bertz CT molecular complexity index is 246. The first-order valence-corrected chi connectivity index (χ1v) is 5.93. The topological polar surface area (TPSA) is 46.2 Å². The van der Waals surface area contributed by atoms with Crippen LogP contribution in [0, 0.1) is 5.92 Å². The fraction of sp³-hybridized carbons (Fsp3) is 0.636. The Labute approximate surface area is 89.8 Å². The molecule has 0 aliphatic heterocycles. The molecule has 0 amide bonds. The average molecular weight is 213 g/mol. The Morgan fingerprint density at radius 3 is 2.71 bits per heavy atom. The molecule has 80 valence electrons. The highest BCUT2D eigenvalue weighted by molar-refractivity contribution is 7.09. The van der Waals surface area contributed by atoms with Crippen LogP contribution in [-0.4, -0.2) is 17.3 Å². The first-order chi connectivity index (χ1) is 6.59. The molecule has 1 aromatic rings. The molecule has 0 aromatic carbocycles. The molecule has 0 saturated heterocycles. The van der Waals surface area contributed by atoms with Crippen LogP contribution < -0.4 is 5.73 Å². The van der Waals surface area contributed by atoms with E-state index in [1.54, 1.807) is 11.3 Å². The van der Waals surface area contributed by atoms with Crippen LogP contribution in [0.5, 0.6) is 0 Å². The van der Waals surface area contributed by atoms with Gasteiger partial charge in [0.15, 0.2) is 0 Å². The molecule has 3 heteroatoms. The first kappa shape index (κ1) is 11.7. The Kier molecular flexibility index (Phi) is 4.58. The van der Waals surface area contributed by atoms with E-state index in [1.807, 2.05) is 11.4 Å². The van der Waals surface area contributed by atoms with Gasteiger partial charge in [-0.15, -0.1) is 11.3 Å². The molecule has 2 atom stereocenters. The average Bonchev–Trinajstić information content (AvgIpc) is 2.55. The predicted octanol–water partition coefficient (Wildman–Crippen LogP) is 2.02. The van der Waals surface area contributed by atoms with Crippen LogP contribution in [0.2, 0.25) is 0 Å². The maximum absolute atomic E-state index is 9.77. The zero-order valence-corrected chi connectivity index (χ0v) is 9.63. The van der Waals surface area contributed by atoms with E-state index in [0.29, 0.717) is 5.92 Å². The number of hydrogen-bond donors (Lipinski definition) is 2. The lowest BCUT2D eigenvalue weighted by atomic mass is 9.98. The van der Waals surface area contributed by atoms with E-state index in [1.165, 1.54) is 4.88 Å². The Hall–Kier alpha value is -0.380. The molecule has 0 saturated carbocycles. The molecule has 1 rings (SSSR count). The van der Waals surface area contributed by atoms with Crippen molar-refractivity contribution in [3.05, 3.63) is 22.4 Å². The van der Waals surface area contributed by atoms with Crippen LogP contribution in [-0.2, 0) is 6.42 Å². The lowest BCUT2D eigenvalue weighted by Gasteiger charge is -2.19. The van der Waals surface area contributed by atoms with Crippen molar-refractivity contribution in [1.82, 2.24) is 0 Å². The van der Waals surface area contributed by atoms with Crippen LogP contribution in [0.1, 0.15) is 25.1 Å². The number of aliphatic hydroxyl groups is 1. The normalized spacial score (nSPS) is 15.8. The third kappa shape index (κ3) is 3.78. The summed E-state index contributed by atoms with van der Waals surface area (Å²) in [7, 11) is 0. The van der Waals surface area contributed by atoms with Gasteiger partial charge in [-0.2, -0.15) is 0 Å². The van der Waals surface area contributed by atoms with Crippen molar-refractivity contribution in [3.63, 3.8) is 0 Å². The largest absolute Gasteiger partial charge is 0.391 e. The minimum absolute atomic E-state index is 0.129. The third-order valence-electron chi connectivity index (χ3n) is 2.22. The Morgan fingerprint density at radius 2 is 2.21 bits per heavy atom. The number of thiophene rings is 1. The molecule has 0 aliphatic carbocycles. The van der Waals surface area contributed by atoms with Gasteiger partial charge in [0.2, 0.25) is 0 Å². The molecule has 2 unspecified atom stereocenters. The quantitative estimate of drug-likeness (QED) is 0.786. The number of nitrogens with two attached hydrogens (primary N) is 1. The van der Waals surface area contributed by atoms with Gasteiger partial charge < -0.3 is 10.8 Å².